The molecule has 0 saturated carbocycles. The molecule has 1 atom stereocenters. The van der Waals surface area contributed by atoms with Gasteiger partial charge in [0.05, 0.1) is 10.9 Å². The number of halogens is 2. The van der Waals surface area contributed by atoms with E-state index in [1.165, 1.54) is 29.5 Å². The van der Waals surface area contributed by atoms with Gasteiger partial charge in [-0.1, -0.05) is 41.9 Å². The van der Waals surface area contributed by atoms with E-state index >= 15 is 0 Å². The van der Waals surface area contributed by atoms with Gasteiger partial charge < -0.3 is 5.32 Å². The molecule has 6 heteroatoms. The van der Waals surface area contributed by atoms with Gasteiger partial charge in [-0.2, -0.15) is 5.26 Å². The van der Waals surface area contributed by atoms with Crippen molar-refractivity contribution in [3.05, 3.63) is 81.9 Å². The van der Waals surface area contributed by atoms with Crippen LogP contribution in [-0.4, -0.2) is 5.91 Å². The summed E-state index contributed by atoms with van der Waals surface area (Å²) in [5.41, 5.74) is 1.09. The highest BCUT2D eigenvalue weighted by atomic mass is 35.5. The number of carbonyl (C=O) groups excluding carboxylic acids is 1. The molecule has 3 rings (SSSR count). The Balaban J connectivity index is 1.79. The maximum atomic E-state index is 13.8. The van der Waals surface area contributed by atoms with E-state index in [0.717, 1.165) is 10.4 Å². The van der Waals surface area contributed by atoms with E-state index in [2.05, 4.69) is 5.32 Å². The van der Waals surface area contributed by atoms with Crippen molar-refractivity contribution in [2.75, 3.05) is 0 Å². The Hall–Kier alpha value is -2.68. The third-order valence-electron chi connectivity index (χ3n) is 3.58. The Morgan fingerprint density at radius 2 is 1.84 bits per heavy atom. The fraction of sp³-hybridized carbons (Fsp3) is 0.0526. The summed E-state index contributed by atoms with van der Waals surface area (Å²) in [4.78, 5) is 13.8. The normalized spacial score (nSPS) is 11.6. The summed E-state index contributed by atoms with van der Waals surface area (Å²) in [6.45, 7) is 0. The molecule has 0 aliphatic heterocycles. The van der Waals surface area contributed by atoms with Gasteiger partial charge in [-0.05, 0) is 35.9 Å². The lowest BCUT2D eigenvalue weighted by Gasteiger charge is -2.11. The SMILES string of the molecule is N#CC(NC(=O)c1ccc(-c2ccc(Cl)cc2)s1)c1ccccc1F. The molecule has 1 heterocycles. The van der Waals surface area contributed by atoms with E-state index in [1.54, 1.807) is 24.3 Å². The molecule has 0 spiro atoms. The number of nitriles is 1. The van der Waals surface area contributed by atoms with Crippen LogP contribution < -0.4 is 5.32 Å². The number of thiophene rings is 1. The van der Waals surface area contributed by atoms with Crippen molar-refractivity contribution < 1.29 is 9.18 Å². The smallest absolute Gasteiger partial charge is 0.262 e. The Morgan fingerprint density at radius 1 is 1.12 bits per heavy atom. The maximum Gasteiger partial charge on any atom is 0.262 e. The molecule has 124 valence electrons. The summed E-state index contributed by atoms with van der Waals surface area (Å²) in [5, 5.41) is 12.5. The summed E-state index contributed by atoms with van der Waals surface area (Å²) in [7, 11) is 0. The minimum atomic E-state index is -1.05. The predicted molar refractivity (Wildman–Crippen MR) is 97.0 cm³/mol. The third kappa shape index (κ3) is 3.87. The average Bonchev–Trinajstić information content (AvgIpc) is 3.11. The lowest BCUT2D eigenvalue weighted by molar-refractivity contribution is 0.0949. The summed E-state index contributed by atoms with van der Waals surface area (Å²) in [5.74, 6) is -0.942. The molecule has 0 saturated heterocycles. The van der Waals surface area contributed by atoms with E-state index < -0.39 is 17.8 Å². The van der Waals surface area contributed by atoms with Crippen LogP contribution in [0.2, 0.25) is 5.02 Å². The molecule has 25 heavy (non-hydrogen) atoms. The monoisotopic (exact) mass is 370 g/mol. The number of hydrogen-bond donors (Lipinski definition) is 1. The first-order chi connectivity index (χ1) is 12.1. The predicted octanol–water partition coefficient (Wildman–Crippen LogP) is 5.20. The highest BCUT2D eigenvalue weighted by Gasteiger charge is 2.19. The minimum absolute atomic E-state index is 0.146. The van der Waals surface area contributed by atoms with Crippen LogP contribution in [-0.2, 0) is 0 Å². The van der Waals surface area contributed by atoms with Crippen molar-refractivity contribution in [3.63, 3.8) is 0 Å². The van der Waals surface area contributed by atoms with Gasteiger partial charge in [0.1, 0.15) is 11.9 Å². The van der Waals surface area contributed by atoms with Crippen LogP contribution in [0.15, 0.2) is 60.7 Å². The molecule has 1 amide bonds. The second-order valence-corrected chi connectivity index (χ2v) is 6.75. The van der Waals surface area contributed by atoms with Crippen LogP contribution in [0.1, 0.15) is 21.3 Å². The van der Waals surface area contributed by atoms with Crippen LogP contribution >= 0.6 is 22.9 Å². The van der Waals surface area contributed by atoms with Crippen molar-refractivity contribution in [2.45, 2.75) is 6.04 Å². The molecule has 3 aromatic rings. The molecule has 1 unspecified atom stereocenters. The van der Waals surface area contributed by atoms with Gasteiger partial charge in [0.25, 0.3) is 5.91 Å². The topological polar surface area (TPSA) is 52.9 Å². The maximum absolute atomic E-state index is 13.8. The number of rotatable bonds is 4. The fourth-order valence-corrected chi connectivity index (χ4v) is 3.36. The summed E-state index contributed by atoms with van der Waals surface area (Å²) in [6, 6.07) is 17.6. The number of amides is 1. The summed E-state index contributed by atoms with van der Waals surface area (Å²) < 4.78 is 13.8. The quantitative estimate of drug-likeness (QED) is 0.686. The first-order valence-corrected chi connectivity index (χ1v) is 8.58. The van der Waals surface area contributed by atoms with Crippen LogP contribution in [0.4, 0.5) is 4.39 Å². The zero-order valence-corrected chi connectivity index (χ0v) is 14.4. The summed E-state index contributed by atoms with van der Waals surface area (Å²) in [6.07, 6.45) is 0. The average molecular weight is 371 g/mol. The molecule has 2 aromatic carbocycles. The summed E-state index contributed by atoms with van der Waals surface area (Å²) >= 11 is 7.17. The molecular formula is C19H12ClFN2OS. The van der Waals surface area contributed by atoms with Gasteiger partial charge in [-0.3, -0.25) is 4.79 Å². The Morgan fingerprint density at radius 3 is 2.52 bits per heavy atom. The lowest BCUT2D eigenvalue weighted by atomic mass is 10.1. The van der Waals surface area contributed by atoms with Gasteiger partial charge in [0.2, 0.25) is 0 Å². The van der Waals surface area contributed by atoms with Crippen molar-refractivity contribution in [2.24, 2.45) is 0 Å². The lowest BCUT2D eigenvalue weighted by Crippen LogP contribution is -2.27. The largest absolute Gasteiger partial charge is 0.332 e. The Bertz CT molecular complexity index is 947. The van der Waals surface area contributed by atoms with Crippen LogP contribution in [0.25, 0.3) is 10.4 Å². The highest BCUT2D eigenvalue weighted by Crippen LogP contribution is 2.29. The van der Waals surface area contributed by atoms with Crippen LogP contribution in [0.5, 0.6) is 0 Å². The van der Waals surface area contributed by atoms with Crippen LogP contribution in [0.3, 0.4) is 0 Å². The van der Waals surface area contributed by atoms with Crippen LogP contribution in [0, 0.1) is 17.1 Å². The molecule has 1 aromatic heterocycles. The van der Waals surface area contributed by atoms with Crippen molar-refractivity contribution in [1.29, 1.82) is 5.26 Å². The van der Waals surface area contributed by atoms with Crippen molar-refractivity contribution in [1.82, 2.24) is 5.32 Å². The number of hydrogen-bond acceptors (Lipinski definition) is 3. The molecule has 0 aliphatic rings. The minimum Gasteiger partial charge on any atom is -0.332 e. The zero-order valence-electron chi connectivity index (χ0n) is 12.9. The van der Waals surface area contributed by atoms with Crippen molar-refractivity contribution in [3.8, 4) is 16.5 Å². The Labute approximate surface area is 153 Å². The van der Waals surface area contributed by atoms with Gasteiger partial charge >= 0.3 is 0 Å². The molecular weight excluding hydrogens is 359 g/mol. The van der Waals surface area contributed by atoms with E-state index in [0.29, 0.717) is 9.90 Å². The first kappa shape index (κ1) is 17.2. The molecule has 1 N–H and O–H groups in total. The van der Waals surface area contributed by atoms with E-state index in [9.17, 15) is 14.4 Å². The second kappa shape index (κ2) is 7.47. The molecule has 0 bridgehead atoms. The van der Waals surface area contributed by atoms with Crippen molar-refractivity contribution >= 4 is 28.8 Å². The van der Waals surface area contributed by atoms with Gasteiger partial charge in [0.15, 0.2) is 0 Å². The Kier molecular flexibility index (Phi) is 5.13. The van der Waals surface area contributed by atoms with Gasteiger partial charge in [-0.15, -0.1) is 11.3 Å². The standard InChI is InChI=1S/C19H12ClFN2OS/c20-13-7-5-12(6-8-13)17-9-10-18(25-17)19(24)23-16(11-22)14-3-1-2-4-15(14)21/h1-10,16H,(H,23,24). The number of nitrogens with one attached hydrogen (secondary N) is 1. The van der Waals surface area contributed by atoms with E-state index in [1.807, 2.05) is 24.3 Å². The first-order valence-electron chi connectivity index (χ1n) is 7.39. The molecule has 0 radical (unpaired) electrons. The molecule has 0 aliphatic carbocycles. The number of benzene rings is 2. The second-order valence-electron chi connectivity index (χ2n) is 5.23. The fourth-order valence-electron chi connectivity index (χ4n) is 2.32. The molecule has 0 fully saturated rings. The zero-order chi connectivity index (χ0) is 17.8. The number of nitrogens with zero attached hydrogens (tertiary/aromatic N) is 1. The number of carbonyl (C=O) groups is 1. The van der Waals surface area contributed by atoms with E-state index in [4.69, 9.17) is 11.6 Å². The van der Waals surface area contributed by atoms with Gasteiger partial charge in [0, 0.05) is 15.5 Å². The van der Waals surface area contributed by atoms with E-state index in [-0.39, 0.29) is 5.56 Å². The third-order valence-corrected chi connectivity index (χ3v) is 4.96. The van der Waals surface area contributed by atoms with Gasteiger partial charge in [-0.25, -0.2) is 4.39 Å². The highest BCUT2D eigenvalue weighted by molar-refractivity contribution is 7.17. The molecule has 3 nitrogen and oxygen atoms in total.